The number of carbonyl (C=O) groups excluding carboxylic acids is 2. The van der Waals surface area contributed by atoms with Crippen molar-refractivity contribution < 1.29 is 24.2 Å². The van der Waals surface area contributed by atoms with Gasteiger partial charge < -0.3 is 19.9 Å². The lowest BCUT2D eigenvalue weighted by Crippen LogP contribution is -2.45. The molecule has 1 heterocycles. The fraction of sp³-hybridized carbons (Fsp3) is 0.882. The van der Waals surface area contributed by atoms with Crippen molar-refractivity contribution in [2.75, 3.05) is 52.7 Å². The van der Waals surface area contributed by atoms with E-state index in [1.807, 2.05) is 18.7 Å². The summed E-state index contributed by atoms with van der Waals surface area (Å²) in [6.45, 7) is 7.49. The molecular weight excluding hydrogens is 312 g/mol. The molecule has 0 aliphatic carbocycles. The quantitative estimate of drug-likeness (QED) is 0.464. The second kappa shape index (κ2) is 12.4. The number of hydrogen-bond donors (Lipinski definition) is 2. The van der Waals surface area contributed by atoms with Crippen molar-refractivity contribution in [2.24, 2.45) is 5.92 Å². The number of aliphatic hydroxyl groups is 1. The number of β-amino-alcohol motifs (C(OH)–C–C–N with tert-alkyl or cyclic N) is 1. The van der Waals surface area contributed by atoms with E-state index in [9.17, 15) is 9.59 Å². The standard InChI is InChI=1S/C17H32N2O5/c1-14(2)16(21)5-10-23-12-13-24-11-6-18-17(22)15-4-3-7-19(15)8-9-20/h14-15,20H,3-13H2,1-2H3,(H,18,22)/t15-/m0/s1. The fourth-order valence-electron chi connectivity index (χ4n) is 2.67. The molecule has 0 spiro atoms. The Labute approximate surface area is 144 Å². The van der Waals surface area contributed by atoms with Gasteiger partial charge in [-0.25, -0.2) is 0 Å². The number of nitrogens with zero attached hydrogens (tertiary/aromatic N) is 1. The number of ketones is 1. The van der Waals surface area contributed by atoms with E-state index >= 15 is 0 Å². The highest BCUT2D eigenvalue weighted by Crippen LogP contribution is 2.16. The smallest absolute Gasteiger partial charge is 0.237 e. The summed E-state index contributed by atoms with van der Waals surface area (Å²) >= 11 is 0. The lowest BCUT2D eigenvalue weighted by Gasteiger charge is -2.22. The summed E-state index contributed by atoms with van der Waals surface area (Å²) in [6.07, 6.45) is 2.28. The van der Waals surface area contributed by atoms with Crippen molar-refractivity contribution in [3.63, 3.8) is 0 Å². The zero-order chi connectivity index (χ0) is 17.8. The lowest BCUT2D eigenvalue weighted by molar-refractivity contribution is -0.125. The molecule has 1 saturated heterocycles. The van der Waals surface area contributed by atoms with Crippen LogP contribution >= 0.6 is 0 Å². The van der Waals surface area contributed by atoms with Crippen LogP contribution in [0.15, 0.2) is 0 Å². The van der Waals surface area contributed by atoms with Crippen molar-refractivity contribution >= 4 is 11.7 Å². The Bertz CT molecular complexity index is 376. The van der Waals surface area contributed by atoms with E-state index in [2.05, 4.69) is 5.32 Å². The molecule has 0 radical (unpaired) electrons. The summed E-state index contributed by atoms with van der Waals surface area (Å²) in [6, 6.07) is -0.126. The van der Waals surface area contributed by atoms with Gasteiger partial charge in [-0.1, -0.05) is 13.8 Å². The number of aliphatic hydroxyl groups excluding tert-OH is 1. The van der Waals surface area contributed by atoms with Crippen LogP contribution < -0.4 is 5.32 Å². The van der Waals surface area contributed by atoms with Crippen LogP contribution in [-0.4, -0.2) is 80.4 Å². The van der Waals surface area contributed by atoms with Crippen LogP contribution in [0.2, 0.25) is 0 Å². The van der Waals surface area contributed by atoms with Gasteiger partial charge in [-0.2, -0.15) is 0 Å². The van der Waals surface area contributed by atoms with E-state index in [1.54, 1.807) is 0 Å². The summed E-state index contributed by atoms with van der Waals surface area (Å²) in [5.41, 5.74) is 0. The zero-order valence-electron chi connectivity index (χ0n) is 15.0. The summed E-state index contributed by atoms with van der Waals surface area (Å²) < 4.78 is 10.7. The van der Waals surface area contributed by atoms with Crippen molar-refractivity contribution in [1.82, 2.24) is 10.2 Å². The molecule has 0 bridgehead atoms. The average Bonchev–Trinajstić information content (AvgIpc) is 3.01. The van der Waals surface area contributed by atoms with E-state index in [0.29, 0.717) is 45.9 Å². The van der Waals surface area contributed by atoms with Gasteiger partial charge in [0.2, 0.25) is 5.91 Å². The highest BCUT2D eigenvalue weighted by molar-refractivity contribution is 5.82. The first-order chi connectivity index (χ1) is 11.6. The molecule has 1 aliphatic heterocycles. The van der Waals surface area contributed by atoms with Crippen molar-refractivity contribution in [3.8, 4) is 0 Å². The minimum Gasteiger partial charge on any atom is -0.395 e. The maximum Gasteiger partial charge on any atom is 0.237 e. The topological polar surface area (TPSA) is 88.1 Å². The number of ether oxygens (including phenoxy) is 2. The number of nitrogens with one attached hydrogen (secondary N) is 1. The maximum absolute atomic E-state index is 12.1. The molecular formula is C17H32N2O5. The van der Waals surface area contributed by atoms with Crippen LogP contribution in [-0.2, 0) is 19.1 Å². The largest absolute Gasteiger partial charge is 0.395 e. The minimum absolute atomic E-state index is 0.00741. The Morgan fingerprint density at radius 3 is 2.58 bits per heavy atom. The van der Waals surface area contributed by atoms with Crippen LogP contribution in [0, 0.1) is 5.92 Å². The number of Topliss-reactive ketones (excluding diaryl/α,β-unsaturated/α-hetero) is 1. The first-order valence-electron chi connectivity index (χ1n) is 8.87. The maximum atomic E-state index is 12.1. The molecule has 7 nitrogen and oxygen atoms in total. The van der Waals surface area contributed by atoms with E-state index in [4.69, 9.17) is 14.6 Å². The van der Waals surface area contributed by atoms with Crippen LogP contribution in [0.5, 0.6) is 0 Å². The van der Waals surface area contributed by atoms with Gasteiger partial charge in [-0.05, 0) is 19.4 Å². The second-order valence-corrected chi connectivity index (χ2v) is 6.30. The molecule has 7 heteroatoms. The van der Waals surface area contributed by atoms with Crippen LogP contribution in [0.4, 0.5) is 0 Å². The second-order valence-electron chi connectivity index (χ2n) is 6.30. The van der Waals surface area contributed by atoms with E-state index < -0.39 is 0 Å². The molecule has 1 fully saturated rings. The Kier molecular flexibility index (Phi) is 10.8. The van der Waals surface area contributed by atoms with Gasteiger partial charge in [0, 0.05) is 25.4 Å². The third-order valence-electron chi connectivity index (χ3n) is 4.11. The molecule has 140 valence electrons. The number of rotatable bonds is 13. The van der Waals surface area contributed by atoms with E-state index in [-0.39, 0.29) is 30.3 Å². The summed E-state index contributed by atoms with van der Waals surface area (Å²) in [7, 11) is 0. The number of amides is 1. The van der Waals surface area contributed by atoms with Crippen molar-refractivity contribution in [1.29, 1.82) is 0 Å². The normalized spacial score (nSPS) is 18.2. The number of likely N-dealkylation sites (tertiary alicyclic amines) is 1. The predicted octanol–water partition coefficient (Wildman–Crippen LogP) is 0.208. The van der Waals surface area contributed by atoms with Crippen LogP contribution in [0.3, 0.4) is 0 Å². The Hall–Kier alpha value is -1.02. The number of hydrogen-bond acceptors (Lipinski definition) is 6. The van der Waals surface area contributed by atoms with Gasteiger partial charge in [-0.15, -0.1) is 0 Å². The van der Waals surface area contributed by atoms with Crippen LogP contribution in [0.25, 0.3) is 0 Å². The Balaban J connectivity index is 1.96. The van der Waals surface area contributed by atoms with Crippen LogP contribution in [0.1, 0.15) is 33.1 Å². The minimum atomic E-state index is -0.126. The summed E-state index contributed by atoms with van der Waals surface area (Å²) in [4.78, 5) is 25.5. The van der Waals surface area contributed by atoms with Gasteiger partial charge in [0.1, 0.15) is 5.78 Å². The van der Waals surface area contributed by atoms with Crippen molar-refractivity contribution in [3.05, 3.63) is 0 Å². The molecule has 0 aromatic carbocycles. The molecule has 24 heavy (non-hydrogen) atoms. The molecule has 1 rings (SSSR count). The average molecular weight is 344 g/mol. The monoisotopic (exact) mass is 344 g/mol. The van der Waals surface area contributed by atoms with Gasteiger partial charge in [0.25, 0.3) is 0 Å². The zero-order valence-corrected chi connectivity index (χ0v) is 15.0. The van der Waals surface area contributed by atoms with Gasteiger partial charge in [0.05, 0.1) is 39.1 Å². The third-order valence-corrected chi connectivity index (χ3v) is 4.11. The summed E-state index contributed by atoms with van der Waals surface area (Å²) in [5, 5.41) is 11.9. The van der Waals surface area contributed by atoms with E-state index in [0.717, 1.165) is 19.4 Å². The molecule has 1 aliphatic rings. The van der Waals surface area contributed by atoms with Gasteiger partial charge >= 0.3 is 0 Å². The van der Waals surface area contributed by atoms with Gasteiger partial charge in [0.15, 0.2) is 0 Å². The molecule has 0 aromatic heterocycles. The predicted molar refractivity (Wildman–Crippen MR) is 90.8 cm³/mol. The molecule has 1 amide bonds. The molecule has 0 saturated carbocycles. The first-order valence-corrected chi connectivity index (χ1v) is 8.87. The molecule has 2 N–H and O–H groups in total. The molecule has 0 unspecified atom stereocenters. The lowest BCUT2D eigenvalue weighted by atomic mass is 10.1. The summed E-state index contributed by atoms with van der Waals surface area (Å²) in [5.74, 6) is 0.274. The van der Waals surface area contributed by atoms with Gasteiger partial charge in [-0.3, -0.25) is 14.5 Å². The Morgan fingerprint density at radius 1 is 1.21 bits per heavy atom. The highest BCUT2D eigenvalue weighted by Gasteiger charge is 2.29. The van der Waals surface area contributed by atoms with E-state index in [1.165, 1.54) is 0 Å². The fourth-order valence-corrected chi connectivity index (χ4v) is 2.67. The Morgan fingerprint density at radius 2 is 1.92 bits per heavy atom. The highest BCUT2D eigenvalue weighted by atomic mass is 16.5. The molecule has 0 aromatic rings. The molecule has 1 atom stereocenters. The number of carbonyl (C=O) groups is 2. The van der Waals surface area contributed by atoms with Crippen molar-refractivity contribution in [2.45, 2.75) is 39.2 Å². The third kappa shape index (κ3) is 8.19. The first kappa shape index (κ1) is 21.0. The SMILES string of the molecule is CC(C)C(=O)CCOCCOCCNC(=O)[C@@H]1CCCN1CCO.